The van der Waals surface area contributed by atoms with Gasteiger partial charge in [0, 0.05) is 0 Å². The molecule has 0 spiro atoms. The Labute approximate surface area is 122 Å². The maximum Gasteiger partial charge on any atom is 0.184 e. The molecule has 4 nitrogen and oxygen atoms in total. The maximum absolute atomic E-state index is 13.3. The first-order chi connectivity index (χ1) is 9.83. The van der Waals surface area contributed by atoms with Gasteiger partial charge in [-0.3, -0.25) is 0 Å². The molecule has 0 aliphatic heterocycles. The predicted octanol–water partition coefficient (Wildman–Crippen LogP) is 2.56. The second-order valence-electron chi connectivity index (χ2n) is 4.73. The summed E-state index contributed by atoms with van der Waals surface area (Å²) >= 11 is 0. The predicted molar refractivity (Wildman–Crippen MR) is 77.6 cm³/mol. The van der Waals surface area contributed by atoms with E-state index in [2.05, 4.69) is 0 Å². The maximum atomic E-state index is 13.3. The molecule has 0 aromatic heterocycles. The molecule has 2 rings (SSSR count). The lowest BCUT2D eigenvalue weighted by Gasteiger charge is -2.09. The van der Waals surface area contributed by atoms with Gasteiger partial charge in [-0.2, -0.15) is 5.26 Å². The van der Waals surface area contributed by atoms with Crippen molar-refractivity contribution >= 4 is 15.5 Å². The van der Waals surface area contributed by atoms with Crippen LogP contribution >= 0.6 is 0 Å². The number of sulfone groups is 1. The van der Waals surface area contributed by atoms with Gasteiger partial charge in [-0.05, 0) is 42.3 Å². The number of nitrogens with two attached hydrogens (primary N) is 1. The number of rotatable bonds is 3. The van der Waals surface area contributed by atoms with E-state index in [-0.39, 0.29) is 21.9 Å². The van der Waals surface area contributed by atoms with Crippen molar-refractivity contribution in [1.29, 1.82) is 5.26 Å². The fourth-order valence-corrected chi connectivity index (χ4v) is 3.52. The van der Waals surface area contributed by atoms with E-state index in [1.54, 1.807) is 19.1 Å². The van der Waals surface area contributed by atoms with Gasteiger partial charge < -0.3 is 5.73 Å². The molecule has 0 saturated carbocycles. The summed E-state index contributed by atoms with van der Waals surface area (Å²) < 4.78 is 38.1. The highest BCUT2D eigenvalue weighted by atomic mass is 32.2. The number of nitriles is 1. The average molecular weight is 304 g/mol. The summed E-state index contributed by atoms with van der Waals surface area (Å²) in [6.07, 6.45) is 0. The molecule has 6 heteroatoms. The lowest BCUT2D eigenvalue weighted by atomic mass is 10.1. The van der Waals surface area contributed by atoms with E-state index < -0.39 is 15.7 Å². The molecule has 2 aromatic carbocycles. The lowest BCUT2D eigenvalue weighted by molar-refractivity contribution is 0.595. The number of benzene rings is 2. The molecule has 0 amide bonds. The normalized spacial score (nSPS) is 11.1. The van der Waals surface area contributed by atoms with E-state index in [4.69, 9.17) is 11.0 Å². The molecule has 0 heterocycles. The molecular formula is C15H13FN2O2S. The van der Waals surface area contributed by atoms with Crippen LogP contribution in [0.1, 0.15) is 16.7 Å². The summed E-state index contributed by atoms with van der Waals surface area (Å²) in [5.41, 5.74) is 6.83. The molecule has 108 valence electrons. The van der Waals surface area contributed by atoms with Gasteiger partial charge in [-0.1, -0.05) is 12.1 Å². The van der Waals surface area contributed by atoms with Crippen molar-refractivity contribution in [3.05, 3.63) is 58.9 Å². The lowest BCUT2D eigenvalue weighted by Crippen LogP contribution is -2.08. The van der Waals surface area contributed by atoms with Gasteiger partial charge in [0.05, 0.1) is 21.9 Å². The standard InChI is InChI=1S/C15H13FN2O2S/c1-10-2-5-14(18)15(6-10)21(19,20)9-11-3-4-13(16)12(7-11)8-17/h2-7H,9,18H2,1H3. The zero-order valence-corrected chi connectivity index (χ0v) is 12.1. The fraction of sp³-hybridized carbons (Fsp3) is 0.133. The number of hydrogen-bond acceptors (Lipinski definition) is 4. The van der Waals surface area contributed by atoms with Crippen molar-refractivity contribution < 1.29 is 12.8 Å². The van der Waals surface area contributed by atoms with E-state index in [1.807, 2.05) is 0 Å². The molecule has 0 fully saturated rings. The largest absolute Gasteiger partial charge is 0.398 e. The Hall–Kier alpha value is -2.39. The van der Waals surface area contributed by atoms with Crippen LogP contribution in [-0.4, -0.2) is 8.42 Å². The van der Waals surface area contributed by atoms with Gasteiger partial charge in [-0.25, -0.2) is 12.8 Å². The molecule has 0 aliphatic rings. The van der Waals surface area contributed by atoms with Gasteiger partial charge in [0.15, 0.2) is 9.84 Å². The molecule has 0 bridgehead atoms. The van der Waals surface area contributed by atoms with Crippen molar-refractivity contribution in [2.24, 2.45) is 0 Å². The first-order valence-electron chi connectivity index (χ1n) is 6.11. The minimum atomic E-state index is -3.66. The second-order valence-corrected chi connectivity index (χ2v) is 6.68. The second kappa shape index (κ2) is 5.54. The average Bonchev–Trinajstić information content (AvgIpc) is 2.43. The highest BCUT2D eigenvalue weighted by Crippen LogP contribution is 2.24. The van der Waals surface area contributed by atoms with Crippen molar-refractivity contribution in [1.82, 2.24) is 0 Å². The van der Waals surface area contributed by atoms with E-state index in [9.17, 15) is 12.8 Å². The van der Waals surface area contributed by atoms with E-state index in [0.717, 1.165) is 11.6 Å². The summed E-state index contributed by atoms with van der Waals surface area (Å²) in [6, 6.07) is 10.1. The Morgan fingerprint density at radius 3 is 2.62 bits per heavy atom. The third-order valence-corrected chi connectivity index (χ3v) is 4.75. The Balaban J connectivity index is 2.43. The number of nitrogen functional groups attached to an aromatic ring is 1. The topological polar surface area (TPSA) is 84.0 Å². The Morgan fingerprint density at radius 1 is 1.24 bits per heavy atom. The van der Waals surface area contributed by atoms with Gasteiger partial charge >= 0.3 is 0 Å². The first kappa shape index (κ1) is 15.0. The Bertz CT molecular complexity index is 839. The van der Waals surface area contributed by atoms with Crippen LogP contribution in [0.15, 0.2) is 41.3 Å². The summed E-state index contributed by atoms with van der Waals surface area (Å²) in [6.45, 7) is 1.77. The molecule has 0 atom stereocenters. The molecule has 0 aliphatic carbocycles. The third kappa shape index (κ3) is 3.20. The molecular weight excluding hydrogens is 291 g/mol. The molecule has 21 heavy (non-hydrogen) atoms. The van der Waals surface area contributed by atoms with Crippen LogP contribution in [0.25, 0.3) is 0 Å². The summed E-state index contributed by atoms with van der Waals surface area (Å²) in [4.78, 5) is 0.0466. The van der Waals surface area contributed by atoms with Crippen LogP contribution < -0.4 is 5.73 Å². The van der Waals surface area contributed by atoms with E-state index >= 15 is 0 Å². The quantitative estimate of drug-likeness (QED) is 0.883. The number of aryl methyl sites for hydroxylation is 1. The smallest absolute Gasteiger partial charge is 0.184 e. The Kier molecular flexibility index (Phi) is 3.96. The minimum Gasteiger partial charge on any atom is -0.398 e. The van der Waals surface area contributed by atoms with E-state index in [0.29, 0.717) is 5.56 Å². The number of anilines is 1. The number of nitrogens with zero attached hydrogens (tertiary/aromatic N) is 1. The molecule has 2 N–H and O–H groups in total. The van der Waals surface area contributed by atoms with E-state index in [1.165, 1.54) is 24.3 Å². The highest BCUT2D eigenvalue weighted by molar-refractivity contribution is 7.90. The van der Waals surface area contributed by atoms with Crippen molar-refractivity contribution in [3.8, 4) is 6.07 Å². The van der Waals surface area contributed by atoms with Crippen LogP contribution in [0.5, 0.6) is 0 Å². The number of halogens is 1. The van der Waals surface area contributed by atoms with Crippen LogP contribution in [0.4, 0.5) is 10.1 Å². The van der Waals surface area contributed by atoms with Gasteiger partial charge in [0.2, 0.25) is 0 Å². The fourth-order valence-electron chi connectivity index (χ4n) is 1.96. The van der Waals surface area contributed by atoms with Gasteiger partial charge in [0.1, 0.15) is 11.9 Å². The molecule has 0 radical (unpaired) electrons. The molecule has 2 aromatic rings. The van der Waals surface area contributed by atoms with Crippen molar-refractivity contribution in [3.63, 3.8) is 0 Å². The van der Waals surface area contributed by atoms with Gasteiger partial charge in [-0.15, -0.1) is 0 Å². The van der Waals surface area contributed by atoms with Crippen LogP contribution in [0, 0.1) is 24.1 Å². The number of hydrogen-bond donors (Lipinski definition) is 1. The summed E-state index contributed by atoms with van der Waals surface area (Å²) in [7, 11) is -3.66. The van der Waals surface area contributed by atoms with Crippen molar-refractivity contribution in [2.75, 3.05) is 5.73 Å². The summed E-state index contributed by atoms with van der Waals surface area (Å²) in [5, 5.41) is 8.78. The SMILES string of the molecule is Cc1ccc(N)c(S(=O)(=O)Cc2ccc(F)c(C#N)c2)c1. The minimum absolute atomic E-state index is 0.0466. The Morgan fingerprint density at radius 2 is 1.95 bits per heavy atom. The molecule has 0 saturated heterocycles. The van der Waals surface area contributed by atoms with Crippen LogP contribution in [0.2, 0.25) is 0 Å². The highest BCUT2D eigenvalue weighted by Gasteiger charge is 2.19. The summed E-state index contributed by atoms with van der Waals surface area (Å²) in [5.74, 6) is -1.01. The zero-order chi connectivity index (χ0) is 15.6. The monoisotopic (exact) mass is 304 g/mol. The van der Waals surface area contributed by atoms with Crippen LogP contribution in [0.3, 0.4) is 0 Å². The van der Waals surface area contributed by atoms with Gasteiger partial charge in [0.25, 0.3) is 0 Å². The first-order valence-corrected chi connectivity index (χ1v) is 7.76. The molecule has 0 unspecified atom stereocenters. The van der Waals surface area contributed by atoms with Crippen LogP contribution in [-0.2, 0) is 15.6 Å². The van der Waals surface area contributed by atoms with Crippen molar-refractivity contribution in [2.45, 2.75) is 17.6 Å². The third-order valence-electron chi connectivity index (χ3n) is 3.01. The zero-order valence-electron chi connectivity index (χ0n) is 11.3.